The van der Waals surface area contributed by atoms with Crippen molar-refractivity contribution >= 4 is 34.2 Å². The van der Waals surface area contributed by atoms with Gasteiger partial charge in [0.2, 0.25) is 12.1 Å². The van der Waals surface area contributed by atoms with E-state index in [1.807, 2.05) is 24.3 Å². The molecule has 0 atom stereocenters. The average Bonchev–Trinajstić information content (AvgIpc) is 2.95. The summed E-state index contributed by atoms with van der Waals surface area (Å²) in [6.45, 7) is 6.44. The third-order valence-corrected chi connectivity index (χ3v) is 5.49. The molecule has 2 heterocycles. The van der Waals surface area contributed by atoms with Gasteiger partial charge in [-0.2, -0.15) is 0 Å². The lowest BCUT2D eigenvalue weighted by atomic mass is 9.85. The number of fused-ring (bicyclic) bond motifs is 1. The molecule has 0 spiro atoms. The number of H-pyrrole nitrogens is 2. The van der Waals surface area contributed by atoms with Gasteiger partial charge in [-0.25, -0.2) is 10.3 Å². The van der Waals surface area contributed by atoms with Gasteiger partial charge in [-0.05, 0) is 30.5 Å². The van der Waals surface area contributed by atoms with Crippen LogP contribution >= 0.6 is 11.6 Å². The van der Waals surface area contributed by atoms with Gasteiger partial charge in [0.15, 0.2) is 5.52 Å². The summed E-state index contributed by atoms with van der Waals surface area (Å²) in [5, 5.41) is 4.68. The topological polar surface area (TPSA) is 71.9 Å². The summed E-state index contributed by atoms with van der Waals surface area (Å²) in [5.74, 6) is 0.876. The Bertz CT molecular complexity index is 997. The molecule has 1 saturated carbocycles. The molecule has 1 aromatic carbocycles. The van der Waals surface area contributed by atoms with Crippen molar-refractivity contribution in [3.8, 4) is 11.3 Å². The van der Waals surface area contributed by atoms with E-state index in [4.69, 9.17) is 11.6 Å². The van der Waals surface area contributed by atoms with Gasteiger partial charge in [0.25, 0.3) is 5.91 Å². The quantitative estimate of drug-likeness (QED) is 0.686. The molecular weight excluding hydrogens is 360 g/mol. The molecule has 27 heavy (non-hydrogen) atoms. The van der Waals surface area contributed by atoms with E-state index in [0.29, 0.717) is 10.8 Å². The van der Waals surface area contributed by atoms with Gasteiger partial charge in [0.1, 0.15) is 5.39 Å². The van der Waals surface area contributed by atoms with Crippen LogP contribution in [-0.2, 0) is 10.2 Å². The fourth-order valence-corrected chi connectivity index (χ4v) is 3.59. The monoisotopic (exact) mass is 383 g/mol. The summed E-state index contributed by atoms with van der Waals surface area (Å²) < 4.78 is 0. The molecule has 6 heteroatoms. The van der Waals surface area contributed by atoms with Crippen molar-refractivity contribution in [1.29, 1.82) is 0 Å². The van der Waals surface area contributed by atoms with Crippen LogP contribution in [0.3, 0.4) is 0 Å². The van der Waals surface area contributed by atoms with E-state index < -0.39 is 0 Å². The third-order valence-electron chi connectivity index (χ3n) is 5.23. The van der Waals surface area contributed by atoms with Gasteiger partial charge < -0.3 is 4.98 Å². The molecule has 1 amide bonds. The molecule has 0 aliphatic heterocycles. The number of rotatable bonds is 3. The number of aromatic amines is 2. The molecule has 0 saturated heterocycles. The van der Waals surface area contributed by atoms with Crippen LogP contribution in [0.5, 0.6) is 0 Å². The van der Waals surface area contributed by atoms with Crippen molar-refractivity contribution in [2.75, 3.05) is 5.32 Å². The average molecular weight is 384 g/mol. The van der Waals surface area contributed by atoms with Gasteiger partial charge in [-0.15, -0.1) is 4.98 Å². The van der Waals surface area contributed by atoms with E-state index in [0.717, 1.165) is 47.1 Å². The highest BCUT2D eigenvalue weighted by molar-refractivity contribution is 6.30. The van der Waals surface area contributed by atoms with E-state index in [9.17, 15) is 4.79 Å². The van der Waals surface area contributed by atoms with Crippen LogP contribution in [0.2, 0.25) is 5.02 Å². The number of nitrogens with one attached hydrogen (secondary N) is 3. The SMILES string of the molecule is CC(C)(C)c1[nH]c(-c2ccc(Cl)cc2)c2c(NC(=O)C3CCC3)[nH+]cnc12. The highest BCUT2D eigenvalue weighted by atomic mass is 35.5. The molecule has 2 aromatic heterocycles. The maximum Gasteiger partial charge on any atom is 0.283 e. The van der Waals surface area contributed by atoms with Crippen molar-refractivity contribution in [3.63, 3.8) is 0 Å². The standard InChI is InChI=1S/C21H23ClN4O/c1-21(2,3)18-17-15(16(25-18)12-7-9-14(22)10-8-12)19(24-11-23-17)26-20(27)13-5-4-6-13/h7-11,13,25H,4-6H2,1-3H3,(H,23,24,26,27)/p+1. The Morgan fingerprint density at radius 1 is 1.26 bits per heavy atom. The first-order chi connectivity index (χ1) is 12.8. The normalized spacial score (nSPS) is 15.0. The second-order valence-electron chi connectivity index (χ2n) is 8.25. The predicted octanol–water partition coefficient (Wildman–Crippen LogP) is 4.73. The fourth-order valence-electron chi connectivity index (χ4n) is 3.47. The highest BCUT2D eigenvalue weighted by Crippen LogP contribution is 2.38. The van der Waals surface area contributed by atoms with Crippen LogP contribution < -0.4 is 10.3 Å². The maximum absolute atomic E-state index is 12.6. The van der Waals surface area contributed by atoms with Crippen molar-refractivity contribution in [1.82, 2.24) is 9.97 Å². The van der Waals surface area contributed by atoms with Gasteiger partial charge >= 0.3 is 0 Å². The van der Waals surface area contributed by atoms with E-state index in [1.54, 1.807) is 6.33 Å². The number of aromatic nitrogens is 3. The highest BCUT2D eigenvalue weighted by Gasteiger charge is 2.31. The van der Waals surface area contributed by atoms with Gasteiger partial charge in [-0.3, -0.25) is 4.79 Å². The molecule has 1 aliphatic carbocycles. The number of carbonyl (C=O) groups is 1. The Kier molecular flexibility index (Phi) is 4.42. The lowest BCUT2D eigenvalue weighted by molar-refractivity contribution is -0.363. The van der Waals surface area contributed by atoms with Crippen LogP contribution in [0.25, 0.3) is 22.2 Å². The zero-order valence-corrected chi connectivity index (χ0v) is 16.6. The molecule has 3 N–H and O–H groups in total. The summed E-state index contributed by atoms with van der Waals surface area (Å²) in [6, 6.07) is 7.69. The summed E-state index contributed by atoms with van der Waals surface area (Å²) in [4.78, 5) is 23.9. The zero-order valence-electron chi connectivity index (χ0n) is 15.8. The minimum atomic E-state index is -0.119. The molecule has 1 aliphatic rings. The van der Waals surface area contributed by atoms with Crippen molar-refractivity contribution < 1.29 is 9.78 Å². The Labute approximate surface area is 163 Å². The number of amides is 1. The number of halogens is 1. The molecular formula is C21H24ClN4O+. The minimum absolute atomic E-state index is 0.0746. The molecule has 3 aromatic rings. The molecule has 140 valence electrons. The first kappa shape index (κ1) is 18.0. The first-order valence-electron chi connectivity index (χ1n) is 9.34. The van der Waals surface area contributed by atoms with Gasteiger partial charge in [0.05, 0.1) is 17.3 Å². The van der Waals surface area contributed by atoms with Crippen molar-refractivity contribution in [3.05, 3.63) is 41.3 Å². The summed E-state index contributed by atoms with van der Waals surface area (Å²) >= 11 is 6.07. The Hall–Kier alpha value is -2.40. The Balaban J connectivity index is 1.89. The fraction of sp³-hybridized carbons (Fsp3) is 0.381. The maximum atomic E-state index is 12.6. The number of nitrogens with zero attached hydrogens (tertiary/aromatic N) is 1. The van der Waals surface area contributed by atoms with Crippen molar-refractivity contribution in [2.24, 2.45) is 5.92 Å². The second-order valence-corrected chi connectivity index (χ2v) is 8.69. The predicted molar refractivity (Wildman–Crippen MR) is 108 cm³/mol. The number of hydrogen-bond donors (Lipinski definition) is 2. The Morgan fingerprint density at radius 3 is 2.56 bits per heavy atom. The van der Waals surface area contributed by atoms with Crippen LogP contribution in [0.1, 0.15) is 45.7 Å². The van der Waals surface area contributed by atoms with Crippen LogP contribution in [-0.4, -0.2) is 15.9 Å². The van der Waals surface area contributed by atoms with E-state index in [-0.39, 0.29) is 17.2 Å². The number of benzene rings is 1. The summed E-state index contributed by atoms with van der Waals surface area (Å²) in [5.41, 5.74) is 3.72. The first-order valence-corrected chi connectivity index (χ1v) is 9.72. The number of anilines is 1. The molecule has 0 bridgehead atoms. The summed E-state index contributed by atoms with van der Waals surface area (Å²) in [6.07, 6.45) is 4.70. The molecule has 0 radical (unpaired) electrons. The number of carbonyl (C=O) groups excluding carboxylic acids is 1. The molecule has 1 fully saturated rings. The minimum Gasteiger partial charge on any atom is -0.354 e. The second kappa shape index (κ2) is 6.64. The number of hydrogen-bond acceptors (Lipinski definition) is 2. The molecule has 0 unspecified atom stereocenters. The van der Waals surface area contributed by atoms with E-state index >= 15 is 0 Å². The van der Waals surface area contributed by atoms with Crippen LogP contribution in [0.15, 0.2) is 30.6 Å². The largest absolute Gasteiger partial charge is 0.354 e. The molecule has 5 nitrogen and oxygen atoms in total. The van der Waals surface area contributed by atoms with E-state index in [1.165, 1.54) is 0 Å². The Morgan fingerprint density at radius 2 is 1.96 bits per heavy atom. The lowest BCUT2D eigenvalue weighted by Gasteiger charge is -2.21. The third kappa shape index (κ3) is 3.32. The smallest absolute Gasteiger partial charge is 0.283 e. The lowest BCUT2D eigenvalue weighted by Crippen LogP contribution is -2.30. The zero-order chi connectivity index (χ0) is 19.2. The van der Waals surface area contributed by atoms with Crippen molar-refractivity contribution in [2.45, 2.75) is 45.4 Å². The van der Waals surface area contributed by atoms with Crippen LogP contribution in [0, 0.1) is 5.92 Å². The van der Waals surface area contributed by atoms with E-state index in [2.05, 4.69) is 41.0 Å². The van der Waals surface area contributed by atoms with Crippen LogP contribution in [0.4, 0.5) is 5.82 Å². The van der Waals surface area contributed by atoms with Gasteiger partial charge in [0, 0.05) is 10.4 Å². The van der Waals surface area contributed by atoms with Gasteiger partial charge in [-0.1, -0.05) is 50.9 Å². The summed E-state index contributed by atoms with van der Waals surface area (Å²) in [7, 11) is 0. The molecule has 4 rings (SSSR count).